The number of fused-ring (bicyclic) bond motifs is 1. The molecule has 0 bridgehead atoms. The number of nitrogens with two attached hydrogens (primary N) is 1. The second-order valence-electron chi connectivity index (χ2n) is 8.58. The van der Waals surface area contributed by atoms with Crippen LogP contribution in [-0.4, -0.2) is 49.1 Å². The van der Waals surface area contributed by atoms with E-state index in [0.29, 0.717) is 42.2 Å². The minimum atomic E-state index is 0.177. The molecule has 1 aliphatic heterocycles. The minimum absolute atomic E-state index is 0.177. The molecule has 11 heteroatoms. The molecule has 4 heterocycles. The lowest BCUT2D eigenvalue weighted by Crippen LogP contribution is -2.34. The fourth-order valence-electron chi connectivity index (χ4n) is 4.21. The highest BCUT2D eigenvalue weighted by molar-refractivity contribution is 5.86. The molecule has 3 aromatic heterocycles. The summed E-state index contributed by atoms with van der Waals surface area (Å²) in [6.07, 6.45) is 3.84. The number of nitrogens with one attached hydrogen (secondary N) is 2. The smallest absolute Gasteiger partial charge is 0.223 e. The van der Waals surface area contributed by atoms with E-state index in [2.05, 4.69) is 61.0 Å². The van der Waals surface area contributed by atoms with E-state index in [1.54, 1.807) is 13.1 Å². The zero-order chi connectivity index (χ0) is 23.5. The van der Waals surface area contributed by atoms with Gasteiger partial charge < -0.3 is 25.6 Å². The maximum absolute atomic E-state index is 5.92. The van der Waals surface area contributed by atoms with Crippen molar-refractivity contribution in [3.63, 3.8) is 0 Å². The van der Waals surface area contributed by atoms with Gasteiger partial charge in [0.05, 0.1) is 19.3 Å². The molecular weight excluding hydrogens is 434 g/mol. The van der Waals surface area contributed by atoms with Crippen molar-refractivity contribution in [1.82, 2.24) is 35.2 Å². The third kappa shape index (κ3) is 5.00. The Balaban J connectivity index is 1.32. The van der Waals surface area contributed by atoms with Crippen molar-refractivity contribution in [1.29, 1.82) is 0 Å². The zero-order valence-corrected chi connectivity index (χ0v) is 19.4. The van der Waals surface area contributed by atoms with Crippen molar-refractivity contribution in [2.45, 2.75) is 52.4 Å². The van der Waals surface area contributed by atoms with Crippen LogP contribution in [-0.2, 0) is 24.4 Å². The number of benzene rings is 1. The van der Waals surface area contributed by atoms with Crippen molar-refractivity contribution in [3.8, 4) is 0 Å². The highest BCUT2D eigenvalue weighted by Gasteiger charge is 2.16. The SMILES string of the molecule is Cc1nc(CNc2nc(N)nc3cnn(Cc4ccc(CNC5CCOCC5)cc4C)c23)no1. The maximum atomic E-state index is 5.92. The van der Waals surface area contributed by atoms with Crippen molar-refractivity contribution in [3.05, 3.63) is 52.8 Å². The number of hydrogen-bond donors (Lipinski definition) is 3. The van der Waals surface area contributed by atoms with Crippen LogP contribution in [0.2, 0.25) is 0 Å². The molecule has 11 nitrogen and oxygen atoms in total. The molecule has 0 amide bonds. The van der Waals surface area contributed by atoms with E-state index in [4.69, 9.17) is 15.0 Å². The first kappa shape index (κ1) is 22.2. The van der Waals surface area contributed by atoms with Gasteiger partial charge in [0.1, 0.15) is 11.0 Å². The van der Waals surface area contributed by atoms with Crippen molar-refractivity contribution < 1.29 is 9.26 Å². The monoisotopic (exact) mass is 463 g/mol. The second kappa shape index (κ2) is 9.74. The highest BCUT2D eigenvalue weighted by Crippen LogP contribution is 2.23. The summed E-state index contributed by atoms with van der Waals surface area (Å²) >= 11 is 0. The Bertz CT molecular complexity index is 1280. The Morgan fingerprint density at radius 3 is 2.74 bits per heavy atom. The van der Waals surface area contributed by atoms with Gasteiger partial charge in [0.2, 0.25) is 11.8 Å². The van der Waals surface area contributed by atoms with Crippen LogP contribution in [0.3, 0.4) is 0 Å². The molecule has 0 spiro atoms. The lowest BCUT2D eigenvalue weighted by atomic mass is 10.0. The number of nitrogen functional groups attached to an aromatic ring is 1. The van der Waals surface area contributed by atoms with E-state index in [-0.39, 0.29) is 5.95 Å². The van der Waals surface area contributed by atoms with Gasteiger partial charge >= 0.3 is 0 Å². The average molecular weight is 464 g/mol. The van der Waals surface area contributed by atoms with Crippen LogP contribution >= 0.6 is 0 Å². The summed E-state index contributed by atoms with van der Waals surface area (Å²) in [4.78, 5) is 13.0. The van der Waals surface area contributed by atoms with E-state index in [1.807, 2.05) is 4.68 Å². The minimum Gasteiger partial charge on any atom is -0.381 e. The predicted octanol–water partition coefficient (Wildman–Crippen LogP) is 2.34. The van der Waals surface area contributed by atoms with Gasteiger partial charge in [-0.05, 0) is 36.5 Å². The number of aromatic nitrogens is 6. The van der Waals surface area contributed by atoms with Gasteiger partial charge in [-0.2, -0.15) is 15.1 Å². The molecule has 4 aromatic rings. The lowest BCUT2D eigenvalue weighted by molar-refractivity contribution is 0.0776. The van der Waals surface area contributed by atoms with Crippen molar-refractivity contribution >= 4 is 22.8 Å². The summed E-state index contributed by atoms with van der Waals surface area (Å²) in [5, 5.41) is 15.4. The van der Waals surface area contributed by atoms with Crippen molar-refractivity contribution in [2.24, 2.45) is 0 Å². The standard InChI is InChI=1S/C23H29N9O2/c1-14-9-16(10-25-18-5-7-33-8-6-18)3-4-17(14)13-32-21-19(11-27-32)29-23(24)30-22(21)26-12-20-28-15(2)34-31-20/h3-4,9,11,18,25H,5-8,10,12-13H2,1-2H3,(H3,24,26,29,30). The summed E-state index contributed by atoms with van der Waals surface area (Å²) in [6.45, 7) is 7.36. The molecule has 0 radical (unpaired) electrons. The first-order chi connectivity index (χ1) is 16.5. The summed E-state index contributed by atoms with van der Waals surface area (Å²) in [6, 6.07) is 7.10. The Kier molecular flexibility index (Phi) is 6.37. The number of hydrogen-bond acceptors (Lipinski definition) is 10. The number of nitrogens with zero attached hydrogens (tertiary/aromatic N) is 6. The van der Waals surface area contributed by atoms with E-state index >= 15 is 0 Å². The van der Waals surface area contributed by atoms with E-state index in [1.165, 1.54) is 16.7 Å². The lowest BCUT2D eigenvalue weighted by Gasteiger charge is -2.23. The summed E-state index contributed by atoms with van der Waals surface area (Å²) < 4.78 is 12.4. The largest absolute Gasteiger partial charge is 0.381 e. The molecule has 1 aromatic carbocycles. The molecule has 0 unspecified atom stereocenters. The number of ether oxygens (including phenoxy) is 1. The third-order valence-electron chi connectivity index (χ3n) is 6.03. The fraction of sp³-hybridized carbons (Fsp3) is 0.435. The highest BCUT2D eigenvalue weighted by atomic mass is 16.5. The zero-order valence-electron chi connectivity index (χ0n) is 19.4. The Morgan fingerprint density at radius 1 is 1.12 bits per heavy atom. The molecule has 4 N–H and O–H groups in total. The predicted molar refractivity (Wildman–Crippen MR) is 127 cm³/mol. The number of aryl methyl sites for hydroxylation is 2. The van der Waals surface area contributed by atoms with Crippen LogP contribution in [0.25, 0.3) is 11.0 Å². The molecule has 178 valence electrons. The second-order valence-corrected chi connectivity index (χ2v) is 8.58. The molecule has 1 aliphatic rings. The number of anilines is 2. The van der Waals surface area contributed by atoms with Crippen LogP contribution in [0.5, 0.6) is 0 Å². The van der Waals surface area contributed by atoms with Crippen LogP contribution < -0.4 is 16.4 Å². The van der Waals surface area contributed by atoms with E-state index in [9.17, 15) is 0 Å². The van der Waals surface area contributed by atoms with Gasteiger partial charge in [-0.1, -0.05) is 23.4 Å². The van der Waals surface area contributed by atoms with Crippen LogP contribution in [0.1, 0.15) is 41.2 Å². The molecule has 0 saturated carbocycles. The van der Waals surface area contributed by atoms with Crippen molar-refractivity contribution in [2.75, 3.05) is 24.3 Å². The molecule has 0 aliphatic carbocycles. The van der Waals surface area contributed by atoms with Gasteiger partial charge in [0.15, 0.2) is 11.6 Å². The molecule has 0 atom stereocenters. The fourth-order valence-corrected chi connectivity index (χ4v) is 4.21. The quantitative estimate of drug-likeness (QED) is 0.356. The summed E-state index contributed by atoms with van der Waals surface area (Å²) in [5.41, 5.74) is 11.0. The molecular formula is C23H29N9O2. The molecule has 1 saturated heterocycles. The summed E-state index contributed by atoms with van der Waals surface area (Å²) in [7, 11) is 0. The third-order valence-corrected chi connectivity index (χ3v) is 6.03. The Labute approximate surface area is 197 Å². The molecule has 5 rings (SSSR count). The maximum Gasteiger partial charge on any atom is 0.223 e. The van der Waals surface area contributed by atoms with Gasteiger partial charge in [-0.25, -0.2) is 4.98 Å². The topological polar surface area (TPSA) is 142 Å². The van der Waals surface area contributed by atoms with Gasteiger partial charge in [-0.15, -0.1) is 0 Å². The van der Waals surface area contributed by atoms with E-state index in [0.717, 1.165) is 38.1 Å². The average Bonchev–Trinajstić information content (AvgIpc) is 3.44. The van der Waals surface area contributed by atoms with Crippen LogP contribution in [0.15, 0.2) is 28.9 Å². The van der Waals surface area contributed by atoms with Crippen LogP contribution in [0.4, 0.5) is 11.8 Å². The van der Waals surface area contributed by atoms with Gasteiger partial charge in [-0.3, -0.25) is 4.68 Å². The number of rotatable bonds is 8. The Hall–Kier alpha value is -3.57. The summed E-state index contributed by atoms with van der Waals surface area (Å²) in [5.74, 6) is 1.81. The Morgan fingerprint density at radius 2 is 1.97 bits per heavy atom. The van der Waals surface area contributed by atoms with Crippen LogP contribution in [0, 0.1) is 13.8 Å². The first-order valence-electron chi connectivity index (χ1n) is 11.5. The van der Waals surface area contributed by atoms with Gasteiger partial charge in [0, 0.05) is 32.7 Å². The first-order valence-corrected chi connectivity index (χ1v) is 11.5. The van der Waals surface area contributed by atoms with E-state index < -0.39 is 0 Å². The molecule has 1 fully saturated rings. The molecule has 34 heavy (non-hydrogen) atoms. The van der Waals surface area contributed by atoms with Gasteiger partial charge in [0.25, 0.3) is 0 Å². The normalized spacial score (nSPS) is 14.6.